The molecule has 12 heteroatoms. The lowest BCUT2D eigenvalue weighted by molar-refractivity contribution is -0.149. The van der Waals surface area contributed by atoms with Crippen LogP contribution in [-0.2, 0) is 39.9 Å². The molecule has 1 fully saturated rings. The zero-order chi connectivity index (χ0) is 43.3. The van der Waals surface area contributed by atoms with Crippen molar-refractivity contribution in [2.24, 2.45) is 35.5 Å². The Morgan fingerprint density at radius 2 is 1.60 bits per heavy atom. The van der Waals surface area contributed by atoms with Gasteiger partial charge in [-0.25, -0.2) is 4.98 Å². The second-order valence-corrected chi connectivity index (χ2v) is 18.1. The van der Waals surface area contributed by atoms with E-state index in [0.717, 1.165) is 23.4 Å². The molecule has 0 bridgehead atoms. The fourth-order valence-corrected chi connectivity index (χ4v) is 9.69. The van der Waals surface area contributed by atoms with Crippen LogP contribution < -0.4 is 5.32 Å². The van der Waals surface area contributed by atoms with Gasteiger partial charge < -0.3 is 24.6 Å². The first-order chi connectivity index (χ1) is 27.5. The number of nitrogens with one attached hydrogen (secondary N) is 1. The van der Waals surface area contributed by atoms with E-state index in [4.69, 9.17) is 9.47 Å². The number of Topliss-reactive ketones (excluding diaryl/α,β-unsaturated/α-hetero) is 3. The Bertz CT molecular complexity index is 1600. The highest BCUT2D eigenvalue weighted by Gasteiger charge is 2.44. The summed E-state index contributed by atoms with van der Waals surface area (Å²) in [5.41, 5.74) is 1.11. The standard InChI is InChI=1S/C46H72N4O7S/c1-13-30(6)42(49(10)46(55)35(28(2)3)26-38(52)41(47-9)29(4)5)39(56-11)27-40(53)50-22-17-20-36(50)44(57-12)32(8)43(54)31(7)37(51)25-34(45-48-21-23-58-45)24-33-18-15-14-16-19-33/h14-16,18-19,21,23,28-32,34-36,39,41-42,44,47H,13,17,20,22,24-27H2,1-12H3/t30-,31-,32-,34+,35-,36-,39+,41-,42-,44+/m0/s1. The number of rotatable bonds is 25. The molecule has 3 rings (SSSR count). The van der Waals surface area contributed by atoms with Crippen molar-refractivity contribution in [2.75, 3.05) is 34.9 Å². The average Bonchev–Trinajstić information content (AvgIpc) is 3.93. The Labute approximate surface area is 352 Å². The predicted molar refractivity (Wildman–Crippen MR) is 231 cm³/mol. The van der Waals surface area contributed by atoms with Crippen LogP contribution in [0.2, 0.25) is 0 Å². The fraction of sp³-hybridized carbons (Fsp3) is 0.696. The number of thiazole rings is 1. The number of aromatic nitrogens is 1. The van der Waals surface area contributed by atoms with Crippen molar-refractivity contribution in [3.63, 3.8) is 0 Å². The number of nitrogens with zero attached hydrogens (tertiary/aromatic N) is 3. The van der Waals surface area contributed by atoms with Crippen LogP contribution >= 0.6 is 11.3 Å². The molecule has 324 valence electrons. The van der Waals surface area contributed by atoms with Crippen molar-refractivity contribution in [3.05, 3.63) is 52.5 Å². The van der Waals surface area contributed by atoms with Crippen LogP contribution in [-0.4, -0.2) is 109 Å². The van der Waals surface area contributed by atoms with E-state index in [1.807, 2.05) is 68.3 Å². The number of carbonyl (C=O) groups is 5. The maximum atomic E-state index is 14.3. The number of benzene rings is 1. The molecular weight excluding hydrogens is 753 g/mol. The number of amides is 2. The number of hydrogen-bond acceptors (Lipinski definition) is 10. The van der Waals surface area contributed by atoms with Gasteiger partial charge in [0.2, 0.25) is 11.8 Å². The van der Waals surface area contributed by atoms with Crippen molar-refractivity contribution in [3.8, 4) is 0 Å². The summed E-state index contributed by atoms with van der Waals surface area (Å²) < 4.78 is 12.1. The lowest BCUT2D eigenvalue weighted by Crippen LogP contribution is -2.54. The van der Waals surface area contributed by atoms with Crippen LogP contribution in [0.4, 0.5) is 0 Å². The Morgan fingerprint density at radius 1 is 0.931 bits per heavy atom. The molecule has 1 aliphatic rings. The molecule has 2 amide bonds. The molecule has 10 atom stereocenters. The molecule has 0 unspecified atom stereocenters. The first-order valence-electron chi connectivity index (χ1n) is 21.3. The maximum Gasteiger partial charge on any atom is 0.226 e. The third-order valence-corrected chi connectivity index (χ3v) is 13.6. The predicted octanol–water partition coefficient (Wildman–Crippen LogP) is 7.03. The van der Waals surface area contributed by atoms with E-state index in [-0.39, 0.29) is 84.2 Å². The number of carbonyl (C=O) groups excluding carboxylic acids is 5. The van der Waals surface area contributed by atoms with Gasteiger partial charge in [-0.15, -0.1) is 11.3 Å². The minimum Gasteiger partial charge on any atom is -0.379 e. The number of likely N-dealkylation sites (N-methyl/N-ethyl adjacent to an activating group) is 2. The lowest BCUT2D eigenvalue weighted by atomic mass is 9.82. The van der Waals surface area contributed by atoms with Crippen molar-refractivity contribution < 1.29 is 33.4 Å². The highest BCUT2D eigenvalue weighted by Crippen LogP contribution is 2.33. The second kappa shape index (κ2) is 23.5. The molecule has 1 N–H and O–H groups in total. The number of ketones is 3. The number of likely N-dealkylation sites (tertiary alicyclic amines) is 1. The molecule has 0 radical (unpaired) electrons. The number of methoxy groups -OCH3 is 2. The molecule has 1 aromatic carbocycles. The van der Waals surface area contributed by atoms with Crippen molar-refractivity contribution >= 4 is 40.5 Å². The Balaban J connectivity index is 1.77. The van der Waals surface area contributed by atoms with Crippen molar-refractivity contribution in [1.82, 2.24) is 20.1 Å². The first-order valence-corrected chi connectivity index (χ1v) is 22.2. The van der Waals surface area contributed by atoms with Gasteiger partial charge >= 0.3 is 0 Å². The van der Waals surface area contributed by atoms with Gasteiger partial charge in [0.25, 0.3) is 0 Å². The molecule has 1 aliphatic heterocycles. The first kappa shape index (κ1) is 49.0. The topological polar surface area (TPSA) is 135 Å². The van der Waals surface area contributed by atoms with E-state index in [2.05, 4.69) is 24.1 Å². The quantitative estimate of drug-likeness (QED) is 0.105. The fourth-order valence-electron chi connectivity index (χ4n) is 8.95. The lowest BCUT2D eigenvalue weighted by Gasteiger charge is -2.41. The van der Waals surface area contributed by atoms with Gasteiger partial charge in [-0.05, 0) is 56.6 Å². The Hall–Kier alpha value is -3.32. The molecule has 1 saturated heterocycles. The van der Waals surface area contributed by atoms with Crippen LogP contribution in [0.15, 0.2) is 41.9 Å². The van der Waals surface area contributed by atoms with Crippen molar-refractivity contribution in [1.29, 1.82) is 0 Å². The monoisotopic (exact) mass is 825 g/mol. The average molecular weight is 825 g/mol. The van der Waals surface area contributed by atoms with E-state index in [1.165, 1.54) is 11.3 Å². The van der Waals surface area contributed by atoms with Crippen LogP contribution in [0, 0.1) is 35.5 Å². The SMILES string of the molecule is CC[C@H](C)[C@@H]([C@@H](CC(=O)N1CCC[C@H]1[C@H](OC)[C@@H](C)C(=O)[C@@H](C)C(=O)C[C@@H](Cc1ccccc1)c1nccs1)OC)N(C)C(=O)[C@@H](CC(=O)[C@@H](NC)C(C)C)C(C)C. The minimum absolute atomic E-state index is 0.00316. The third-order valence-electron chi connectivity index (χ3n) is 12.6. The van der Waals surface area contributed by atoms with Crippen LogP contribution in [0.1, 0.15) is 110 Å². The molecule has 2 aromatic rings. The third kappa shape index (κ3) is 12.6. The van der Waals surface area contributed by atoms with E-state index in [9.17, 15) is 24.0 Å². The summed E-state index contributed by atoms with van der Waals surface area (Å²) in [6.07, 6.45) is 3.69. The number of ether oxygens (including phenoxy) is 2. The summed E-state index contributed by atoms with van der Waals surface area (Å²) in [5, 5.41) is 5.90. The van der Waals surface area contributed by atoms with Gasteiger partial charge in [-0.2, -0.15) is 0 Å². The van der Waals surface area contributed by atoms with E-state index < -0.39 is 36.0 Å². The zero-order valence-corrected chi connectivity index (χ0v) is 38.1. The molecule has 2 heterocycles. The molecule has 0 spiro atoms. The van der Waals surface area contributed by atoms with Gasteiger partial charge in [0.15, 0.2) is 5.78 Å². The van der Waals surface area contributed by atoms with E-state index in [0.29, 0.717) is 19.4 Å². The highest BCUT2D eigenvalue weighted by atomic mass is 32.1. The Morgan fingerprint density at radius 3 is 2.14 bits per heavy atom. The molecule has 11 nitrogen and oxygen atoms in total. The summed E-state index contributed by atoms with van der Waals surface area (Å²) in [5.74, 6) is -2.72. The van der Waals surface area contributed by atoms with Gasteiger partial charge in [-0.1, -0.05) is 85.2 Å². The van der Waals surface area contributed by atoms with Gasteiger partial charge in [0.05, 0.1) is 47.7 Å². The van der Waals surface area contributed by atoms with Gasteiger partial charge in [0.1, 0.15) is 11.6 Å². The van der Waals surface area contributed by atoms with E-state index >= 15 is 0 Å². The van der Waals surface area contributed by atoms with Crippen LogP contribution in [0.25, 0.3) is 0 Å². The van der Waals surface area contributed by atoms with Crippen LogP contribution in [0.5, 0.6) is 0 Å². The minimum atomic E-state index is -0.849. The normalized spacial score (nSPS) is 19.2. The highest BCUT2D eigenvalue weighted by molar-refractivity contribution is 7.09. The summed E-state index contributed by atoms with van der Waals surface area (Å²) in [7, 11) is 6.68. The molecular formula is C46H72N4O7S. The zero-order valence-electron chi connectivity index (χ0n) is 37.2. The maximum absolute atomic E-state index is 14.3. The summed E-state index contributed by atoms with van der Waals surface area (Å²) in [6.45, 7) is 16.0. The van der Waals surface area contributed by atoms with Gasteiger partial charge in [-0.3, -0.25) is 24.0 Å². The summed E-state index contributed by atoms with van der Waals surface area (Å²) in [6, 6.07) is 8.87. The van der Waals surface area contributed by atoms with Crippen LogP contribution in [0.3, 0.4) is 0 Å². The summed E-state index contributed by atoms with van der Waals surface area (Å²) >= 11 is 1.52. The second-order valence-electron chi connectivity index (χ2n) is 17.2. The smallest absolute Gasteiger partial charge is 0.226 e. The summed E-state index contributed by atoms with van der Waals surface area (Å²) in [4.78, 5) is 77.8. The molecule has 58 heavy (non-hydrogen) atoms. The number of hydrogen-bond donors (Lipinski definition) is 1. The molecule has 0 aliphatic carbocycles. The van der Waals surface area contributed by atoms with E-state index in [1.54, 1.807) is 53.3 Å². The largest absolute Gasteiger partial charge is 0.379 e. The van der Waals surface area contributed by atoms with Gasteiger partial charge in [0, 0.05) is 70.0 Å². The molecule has 0 saturated carbocycles. The molecule has 1 aromatic heterocycles. The Kier molecular flexibility index (Phi) is 19.8. The van der Waals surface area contributed by atoms with Crippen molar-refractivity contribution in [2.45, 2.75) is 137 Å².